The summed E-state index contributed by atoms with van der Waals surface area (Å²) in [6.45, 7) is 4.64. The molecule has 1 aromatic heterocycles. The number of para-hydroxylation sites is 2. The van der Waals surface area contributed by atoms with Gasteiger partial charge in [0.2, 0.25) is 0 Å². The maximum Gasteiger partial charge on any atom is 0.266 e. The number of carbonyl (C=O) groups is 1. The van der Waals surface area contributed by atoms with Gasteiger partial charge in [-0.2, -0.15) is 0 Å². The predicted octanol–water partition coefficient (Wildman–Crippen LogP) is 6.43. The summed E-state index contributed by atoms with van der Waals surface area (Å²) in [7, 11) is 0. The highest BCUT2D eigenvalue weighted by Crippen LogP contribution is 2.29. The molecule has 1 unspecified atom stereocenters. The van der Waals surface area contributed by atoms with E-state index in [1.165, 1.54) is 0 Å². The molecule has 0 aliphatic heterocycles. The molecular weight excluding hydrogens is 446 g/mol. The van der Waals surface area contributed by atoms with Crippen LogP contribution >= 0.6 is 11.6 Å². The van der Waals surface area contributed by atoms with E-state index in [0.717, 1.165) is 18.5 Å². The van der Waals surface area contributed by atoms with Crippen LogP contribution in [-0.2, 0) is 0 Å². The lowest BCUT2D eigenvalue weighted by molar-refractivity contribution is 0.0656. The number of rotatable bonds is 8. The van der Waals surface area contributed by atoms with Crippen LogP contribution in [0.4, 0.5) is 0 Å². The van der Waals surface area contributed by atoms with Crippen LogP contribution in [0.5, 0.6) is 0 Å². The lowest BCUT2D eigenvalue weighted by atomic mass is 10.1. The van der Waals surface area contributed by atoms with Gasteiger partial charge in [-0.1, -0.05) is 74.3 Å². The van der Waals surface area contributed by atoms with Gasteiger partial charge in [-0.3, -0.25) is 14.2 Å². The van der Waals surface area contributed by atoms with Crippen molar-refractivity contribution in [1.29, 1.82) is 0 Å². The van der Waals surface area contributed by atoms with Gasteiger partial charge in [-0.15, -0.1) is 0 Å². The van der Waals surface area contributed by atoms with Gasteiger partial charge in [0.25, 0.3) is 11.5 Å². The Morgan fingerprint density at radius 3 is 2.35 bits per heavy atom. The Morgan fingerprint density at radius 2 is 1.65 bits per heavy atom. The third kappa shape index (κ3) is 4.62. The van der Waals surface area contributed by atoms with Crippen LogP contribution in [-0.4, -0.2) is 26.9 Å². The van der Waals surface area contributed by atoms with Crippen molar-refractivity contribution in [3.63, 3.8) is 0 Å². The highest BCUT2D eigenvalue weighted by atomic mass is 35.5. The van der Waals surface area contributed by atoms with Gasteiger partial charge in [0.05, 0.1) is 33.2 Å². The Bertz CT molecular complexity index is 1350. The van der Waals surface area contributed by atoms with E-state index in [1.54, 1.807) is 22.8 Å². The summed E-state index contributed by atoms with van der Waals surface area (Å²) in [5, 5.41) is 0.957. The number of hydrogen-bond donors (Lipinski definition) is 0. The quantitative estimate of drug-likeness (QED) is 0.296. The molecule has 4 aromatic rings. The number of halogens is 1. The molecule has 34 heavy (non-hydrogen) atoms. The minimum Gasteiger partial charge on any atom is -0.328 e. The molecule has 0 radical (unpaired) electrons. The van der Waals surface area contributed by atoms with Gasteiger partial charge >= 0.3 is 0 Å². The number of carbonyl (C=O) groups excluding carboxylic acids is 1. The van der Waals surface area contributed by atoms with Gasteiger partial charge in [-0.25, -0.2) is 4.98 Å². The molecule has 3 aromatic carbocycles. The molecule has 0 aliphatic carbocycles. The molecule has 0 fully saturated rings. The van der Waals surface area contributed by atoms with Crippen molar-refractivity contribution in [2.24, 2.45) is 0 Å². The van der Waals surface area contributed by atoms with E-state index in [9.17, 15) is 9.59 Å². The molecule has 0 bridgehead atoms. The number of fused-ring (bicyclic) bond motifs is 1. The van der Waals surface area contributed by atoms with Crippen LogP contribution in [0, 0.1) is 0 Å². The second-order valence-electron chi connectivity index (χ2n) is 8.22. The molecule has 0 saturated carbocycles. The van der Waals surface area contributed by atoms with Crippen LogP contribution in [0.1, 0.15) is 55.3 Å². The Kier molecular flexibility index (Phi) is 7.43. The standard InChI is InChI=1S/C28H28ClN3O2/c1-3-5-19-31(27(33)21-15-9-11-17-23(21)29)25(4-2)26-30-24-18-12-10-16-22(24)28(34)32(26)20-13-7-6-8-14-20/h6-18,25H,3-5,19H2,1-2H3. The van der Waals surface area contributed by atoms with Crippen molar-refractivity contribution in [3.05, 3.63) is 106 Å². The van der Waals surface area contributed by atoms with Crippen molar-refractivity contribution in [1.82, 2.24) is 14.5 Å². The number of hydrogen-bond acceptors (Lipinski definition) is 3. The first-order chi connectivity index (χ1) is 16.6. The van der Waals surface area contributed by atoms with Crippen LogP contribution in [0.2, 0.25) is 5.02 Å². The normalized spacial score (nSPS) is 12.0. The number of benzene rings is 3. The van der Waals surface area contributed by atoms with Crippen molar-refractivity contribution in [2.45, 2.75) is 39.2 Å². The monoisotopic (exact) mass is 473 g/mol. The zero-order chi connectivity index (χ0) is 24.1. The van der Waals surface area contributed by atoms with E-state index in [0.29, 0.717) is 40.3 Å². The zero-order valence-corrected chi connectivity index (χ0v) is 20.2. The molecule has 1 atom stereocenters. The van der Waals surface area contributed by atoms with E-state index in [2.05, 4.69) is 6.92 Å². The minimum atomic E-state index is -0.409. The summed E-state index contributed by atoms with van der Waals surface area (Å²) in [5.41, 5.74) is 1.65. The topological polar surface area (TPSA) is 55.2 Å². The van der Waals surface area contributed by atoms with Crippen molar-refractivity contribution in [2.75, 3.05) is 6.54 Å². The lowest BCUT2D eigenvalue weighted by Gasteiger charge is -2.32. The molecule has 0 saturated heterocycles. The molecule has 1 heterocycles. The fraction of sp³-hybridized carbons (Fsp3) is 0.250. The Hall–Kier alpha value is -3.44. The zero-order valence-electron chi connectivity index (χ0n) is 19.4. The smallest absolute Gasteiger partial charge is 0.266 e. The largest absolute Gasteiger partial charge is 0.328 e. The van der Waals surface area contributed by atoms with E-state index in [-0.39, 0.29) is 11.5 Å². The van der Waals surface area contributed by atoms with Gasteiger partial charge in [0.1, 0.15) is 5.82 Å². The first-order valence-corrected chi connectivity index (χ1v) is 12.1. The third-order valence-corrected chi connectivity index (χ3v) is 6.32. The molecule has 1 amide bonds. The van der Waals surface area contributed by atoms with Gasteiger partial charge in [0.15, 0.2) is 0 Å². The van der Waals surface area contributed by atoms with E-state index in [4.69, 9.17) is 16.6 Å². The van der Waals surface area contributed by atoms with Crippen molar-refractivity contribution < 1.29 is 4.79 Å². The average Bonchev–Trinajstić information content (AvgIpc) is 2.87. The SMILES string of the molecule is CCCCN(C(=O)c1ccccc1Cl)C(CC)c1nc2ccccc2c(=O)n1-c1ccccc1. The van der Waals surface area contributed by atoms with Gasteiger partial charge in [-0.05, 0) is 49.2 Å². The molecule has 6 heteroatoms. The van der Waals surface area contributed by atoms with Gasteiger partial charge in [0, 0.05) is 6.54 Å². The number of aromatic nitrogens is 2. The molecular formula is C28H28ClN3O2. The maximum atomic E-state index is 13.8. The molecule has 0 aliphatic rings. The highest BCUT2D eigenvalue weighted by molar-refractivity contribution is 6.33. The second kappa shape index (κ2) is 10.7. The summed E-state index contributed by atoms with van der Waals surface area (Å²) < 4.78 is 1.65. The first kappa shape index (κ1) is 23.7. The average molecular weight is 474 g/mol. The fourth-order valence-corrected chi connectivity index (χ4v) is 4.48. The predicted molar refractivity (Wildman–Crippen MR) is 138 cm³/mol. The molecule has 5 nitrogen and oxygen atoms in total. The fourth-order valence-electron chi connectivity index (χ4n) is 4.26. The Morgan fingerprint density at radius 1 is 0.971 bits per heavy atom. The van der Waals surface area contributed by atoms with E-state index < -0.39 is 6.04 Å². The summed E-state index contributed by atoms with van der Waals surface area (Å²) in [6, 6.07) is 23.5. The Labute approximate surface area is 204 Å². The number of unbranched alkanes of at least 4 members (excludes halogenated alkanes) is 1. The number of nitrogens with zero attached hydrogens (tertiary/aromatic N) is 3. The molecule has 174 valence electrons. The summed E-state index contributed by atoms with van der Waals surface area (Å²) in [6.07, 6.45) is 2.35. The lowest BCUT2D eigenvalue weighted by Crippen LogP contribution is -2.39. The van der Waals surface area contributed by atoms with Crippen LogP contribution in [0.25, 0.3) is 16.6 Å². The van der Waals surface area contributed by atoms with Crippen LogP contribution in [0.15, 0.2) is 83.7 Å². The molecule has 4 rings (SSSR count). The third-order valence-electron chi connectivity index (χ3n) is 5.99. The molecule has 0 spiro atoms. The minimum absolute atomic E-state index is 0.147. The first-order valence-electron chi connectivity index (χ1n) is 11.7. The van der Waals surface area contributed by atoms with Crippen molar-refractivity contribution >= 4 is 28.4 Å². The van der Waals surface area contributed by atoms with Gasteiger partial charge < -0.3 is 4.90 Å². The summed E-state index contributed by atoms with van der Waals surface area (Å²) in [5.74, 6) is 0.391. The number of amides is 1. The summed E-state index contributed by atoms with van der Waals surface area (Å²) >= 11 is 6.40. The molecule has 0 N–H and O–H groups in total. The Balaban J connectivity index is 1.94. The highest BCUT2D eigenvalue weighted by Gasteiger charge is 2.30. The van der Waals surface area contributed by atoms with E-state index >= 15 is 0 Å². The second-order valence-corrected chi connectivity index (χ2v) is 8.63. The maximum absolute atomic E-state index is 13.8. The van der Waals surface area contributed by atoms with Crippen LogP contribution in [0.3, 0.4) is 0 Å². The van der Waals surface area contributed by atoms with Crippen molar-refractivity contribution in [3.8, 4) is 5.69 Å². The van der Waals surface area contributed by atoms with E-state index in [1.807, 2.05) is 72.5 Å². The summed E-state index contributed by atoms with van der Waals surface area (Å²) in [4.78, 5) is 34.2. The van der Waals surface area contributed by atoms with Crippen LogP contribution < -0.4 is 5.56 Å².